The van der Waals surface area contributed by atoms with Crippen molar-refractivity contribution in [3.63, 3.8) is 0 Å². The van der Waals surface area contributed by atoms with Gasteiger partial charge in [-0.3, -0.25) is 0 Å². The summed E-state index contributed by atoms with van der Waals surface area (Å²) >= 11 is 7.42. The molecule has 0 aliphatic carbocycles. The van der Waals surface area contributed by atoms with Crippen molar-refractivity contribution < 1.29 is 4.39 Å². The van der Waals surface area contributed by atoms with Gasteiger partial charge in [0.25, 0.3) is 0 Å². The summed E-state index contributed by atoms with van der Waals surface area (Å²) in [7, 11) is 0. The number of thioether (sulfide) groups is 1. The Kier molecular flexibility index (Phi) is 4.64. The van der Waals surface area contributed by atoms with Crippen LogP contribution in [0.3, 0.4) is 0 Å². The molecule has 4 heteroatoms. The fourth-order valence-electron chi connectivity index (χ4n) is 1.56. The van der Waals surface area contributed by atoms with E-state index in [4.69, 9.17) is 17.3 Å². The number of halogens is 2. The van der Waals surface area contributed by atoms with E-state index in [-0.39, 0.29) is 10.8 Å². The Bertz CT molecular complexity index is 545. The summed E-state index contributed by atoms with van der Waals surface area (Å²) in [6.45, 7) is 0.538. The molecule has 2 aromatic rings. The second-order valence-corrected chi connectivity index (χ2v) is 5.34. The van der Waals surface area contributed by atoms with Crippen LogP contribution in [0.5, 0.6) is 0 Å². The molecule has 0 unspecified atom stereocenters. The van der Waals surface area contributed by atoms with Crippen molar-refractivity contribution in [1.29, 1.82) is 0 Å². The lowest BCUT2D eigenvalue weighted by molar-refractivity contribution is 0.628. The van der Waals surface area contributed by atoms with Crippen LogP contribution >= 0.6 is 23.4 Å². The lowest BCUT2D eigenvalue weighted by Gasteiger charge is -2.05. The molecule has 0 radical (unpaired) electrons. The van der Waals surface area contributed by atoms with Crippen molar-refractivity contribution >= 4 is 23.4 Å². The van der Waals surface area contributed by atoms with E-state index < -0.39 is 0 Å². The zero-order valence-electron chi connectivity index (χ0n) is 9.70. The molecule has 2 aromatic carbocycles. The molecule has 0 aromatic heterocycles. The Balaban J connectivity index is 2.04. The van der Waals surface area contributed by atoms with Gasteiger partial charge in [-0.15, -0.1) is 11.8 Å². The van der Waals surface area contributed by atoms with Crippen LogP contribution in [0.1, 0.15) is 11.1 Å². The minimum Gasteiger partial charge on any atom is -0.326 e. The molecule has 0 saturated heterocycles. The molecule has 0 heterocycles. The molecule has 2 rings (SSSR count). The molecule has 0 spiro atoms. The summed E-state index contributed by atoms with van der Waals surface area (Å²) in [5.41, 5.74) is 7.71. The van der Waals surface area contributed by atoms with Crippen LogP contribution in [0.2, 0.25) is 5.02 Å². The average molecular weight is 282 g/mol. The smallest absolute Gasteiger partial charge is 0.141 e. The van der Waals surface area contributed by atoms with Gasteiger partial charge >= 0.3 is 0 Å². The van der Waals surface area contributed by atoms with Crippen molar-refractivity contribution in [3.05, 3.63) is 64.4 Å². The number of hydrogen-bond acceptors (Lipinski definition) is 2. The maximum absolute atomic E-state index is 13.0. The third kappa shape index (κ3) is 3.48. The number of nitrogens with two attached hydrogens (primary N) is 1. The van der Waals surface area contributed by atoms with Crippen LogP contribution in [0.25, 0.3) is 0 Å². The lowest BCUT2D eigenvalue weighted by atomic mass is 10.2. The fraction of sp³-hybridized carbons (Fsp3) is 0.143. The van der Waals surface area contributed by atoms with Crippen LogP contribution in [-0.4, -0.2) is 0 Å². The van der Waals surface area contributed by atoms with E-state index in [0.29, 0.717) is 6.54 Å². The largest absolute Gasteiger partial charge is 0.326 e. The predicted octanol–water partition coefficient (Wildman–Crippen LogP) is 4.23. The zero-order chi connectivity index (χ0) is 13.0. The van der Waals surface area contributed by atoms with Crippen LogP contribution < -0.4 is 5.73 Å². The Hall–Kier alpha value is -1.03. The molecule has 0 bridgehead atoms. The molecule has 94 valence electrons. The third-order valence-corrected chi connectivity index (χ3v) is 3.88. The quantitative estimate of drug-likeness (QED) is 0.849. The number of hydrogen-bond donors (Lipinski definition) is 1. The molecule has 2 N–H and O–H groups in total. The van der Waals surface area contributed by atoms with Gasteiger partial charge in [0.05, 0.1) is 5.02 Å². The molecule has 18 heavy (non-hydrogen) atoms. The second kappa shape index (κ2) is 6.23. The molecular weight excluding hydrogens is 269 g/mol. The van der Waals surface area contributed by atoms with Crippen LogP contribution in [0.4, 0.5) is 4.39 Å². The summed E-state index contributed by atoms with van der Waals surface area (Å²) in [5.74, 6) is 0.379. The van der Waals surface area contributed by atoms with Gasteiger partial charge in [0.1, 0.15) is 5.82 Å². The molecule has 0 fully saturated rings. The van der Waals surface area contributed by atoms with Gasteiger partial charge in [-0.05, 0) is 35.4 Å². The first-order valence-electron chi connectivity index (χ1n) is 5.55. The van der Waals surface area contributed by atoms with Crippen molar-refractivity contribution in [2.24, 2.45) is 5.73 Å². The molecule has 0 atom stereocenters. The number of rotatable bonds is 4. The summed E-state index contributed by atoms with van der Waals surface area (Å²) in [6.07, 6.45) is 0. The van der Waals surface area contributed by atoms with Crippen molar-refractivity contribution in [2.45, 2.75) is 17.2 Å². The first-order valence-corrected chi connectivity index (χ1v) is 6.91. The topological polar surface area (TPSA) is 26.0 Å². The van der Waals surface area contributed by atoms with Crippen LogP contribution in [0, 0.1) is 5.82 Å². The standard InChI is InChI=1S/C14H13ClFNS/c15-13-7-11(4-5-14(13)16)9-18-12-3-1-2-10(6-12)8-17/h1-7H,8-9,17H2. The van der Waals surface area contributed by atoms with Gasteiger partial charge in [-0.2, -0.15) is 0 Å². The first-order chi connectivity index (χ1) is 8.69. The monoisotopic (exact) mass is 281 g/mol. The second-order valence-electron chi connectivity index (χ2n) is 3.89. The normalized spacial score (nSPS) is 10.6. The van der Waals surface area contributed by atoms with Gasteiger partial charge in [0.2, 0.25) is 0 Å². The van der Waals surface area contributed by atoms with E-state index in [1.807, 2.05) is 18.2 Å². The van der Waals surface area contributed by atoms with Crippen molar-refractivity contribution in [3.8, 4) is 0 Å². The summed E-state index contributed by atoms with van der Waals surface area (Å²) in [5, 5.41) is 0.170. The molecule has 0 aliphatic rings. The lowest BCUT2D eigenvalue weighted by Crippen LogP contribution is -1.95. The highest BCUT2D eigenvalue weighted by molar-refractivity contribution is 7.98. The highest BCUT2D eigenvalue weighted by Gasteiger charge is 2.02. The van der Waals surface area contributed by atoms with Gasteiger partial charge in [0.15, 0.2) is 0 Å². The number of benzene rings is 2. The Morgan fingerprint density at radius 2 is 1.94 bits per heavy atom. The zero-order valence-corrected chi connectivity index (χ0v) is 11.3. The minimum absolute atomic E-state index is 0.170. The van der Waals surface area contributed by atoms with Crippen LogP contribution in [0.15, 0.2) is 47.4 Å². The van der Waals surface area contributed by atoms with E-state index in [1.165, 1.54) is 6.07 Å². The molecular formula is C14H13ClFNS. The van der Waals surface area contributed by atoms with Gasteiger partial charge in [0, 0.05) is 17.2 Å². The van der Waals surface area contributed by atoms with E-state index in [1.54, 1.807) is 23.9 Å². The van der Waals surface area contributed by atoms with E-state index in [0.717, 1.165) is 21.8 Å². The van der Waals surface area contributed by atoms with Crippen molar-refractivity contribution in [1.82, 2.24) is 0 Å². The maximum Gasteiger partial charge on any atom is 0.141 e. The van der Waals surface area contributed by atoms with Crippen LogP contribution in [-0.2, 0) is 12.3 Å². The van der Waals surface area contributed by atoms with Gasteiger partial charge in [-0.1, -0.05) is 29.8 Å². The molecule has 0 amide bonds. The van der Waals surface area contributed by atoms with E-state index in [9.17, 15) is 4.39 Å². The highest BCUT2D eigenvalue weighted by atomic mass is 35.5. The minimum atomic E-state index is -0.379. The molecule has 0 saturated carbocycles. The highest BCUT2D eigenvalue weighted by Crippen LogP contribution is 2.25. The summed E-state index contributed by atoms with van der Waals surface area (Å²) in [4.78, 5) is 1.15. The van der Waals surface area contributed by atoms with E-state index in [2.05, 4.69) is 6.07 Å². The van der Waals surface area contributed by atoms with Gasteiger partial charge in [-0.25, -0.2) is 4.39 Å². The predicted molar refractivity (Wildman–Crippen MR) is 75.3 cm³/mol. The van der Waals surface area contributed by atoms with E-state index >= 15 is 0 Å². The Morgan fingerprint density at radius 3 is 2.67 bits per heavy atom. The SMILES string of the molecule is NCc1cccc(SCc2ccc(F)c(Cl)c2)c1. The molecule has 0 aliphatic heterocycles. The summed E-state index contributed by atoms with van der Waals surface area (Å²) in [6, 6.07) is 12.9. The summed E-state index contributed by atoms with van der Waals surface area (Å²) < 4.78 is 13.0. The molecule has 1 nitrogen and oxygen atoms in total. The first kappa shape index (κ1) is 13.4. The van der Waals surface area contributed by atoms with Gasteiger partial charge < -0.3 is 5.73 Å². The van der Waals surface area contributed by atoms with Crippen molar-refractivity contribution in [2.75, 3.05) is 0 Å². The maximum atomic E-state index is 13.0. The average Bonchev–Trinajstić information content (AvgIpc) is 2.40. The third-order valence-electron chi connectivity index (χ3n) is 2.52. The Morgan fingerprint density at radius 1 is 1.11 bits per heavy atom. The fourth-order valence-corrected chi connectivity index (χ4v) is 2.68. The Labute approximate surface area is 115 Å².